The number of hydrogen-bond donors (Lipinski definition) is 2. The lowest BCUT2D eigenvalue weighted by atomic mass is 10.1. The van der Waals surface area contributed by atoms with Crippen LogP contribution in [-0.2, 0) is 4.79 Å². The molecule has 0 aliphatic carbocycles. The molecule has 0 aromatic heterocycles. The van der Waals surface area contributed by atoms with Crippen molar-refractivity contribution in [2.24, 2.45) is 5.73 Å². The van der Waals surface area contributed by atoms with Crippen molar-refractivity contribution in [3.63, 3.8) is 0 Å². The molecule has 2 amide bonds. The van der Waals surface area contributed by atoms with Gasteiger partial charge in [-0.2, -0.15) is 0 Å². The summed E-state index contributed by atoms with van der Waals surface area (Å²) in [5.74, 6) is -0.316. The first-order valence-electron chi connectivity index (χ1n) is 9.85. The maximum absolute atomic E-state index is 12.4. The Bertz CT molecular complexity index is 891. The second-order valence-corrected chi connectivity index (χ2v) is 7.11. The number of rotatable bonds is 8. The van der Waals surface area contributed by atoms with E-state index in [9.17, 15) is 19.7 Å². The first-order valence-corrected chi connectivity index (χ1v) is 9.85. The van der Waals surface area contributed by atoms with E-state index in [0.717, 1.165) is 24.5 Å². The van der Waals surface area contributed by atoms with Gasteiger partial charge in [0.2, 0.25) is 11.8 Å². The third kappa shape index (κ3) is 5.47. The molecule has 30 heavy (non-hydrogen) atoms. The zero-order valence-corrected chi connectivity index (χ0v) is 16.6. The van der Waals surface area contributed by atoms with Crippen LogP contribution in [0.1, 0.15) is 23.2 Å². The average molecular weight is 411 g/mol. The summed E-state index contributed by atoms with van der Waals surface area (Å²) in [4.78, 5) is 37.9. The van der Waals surface area contributed by atoms with Gasteiger partial charge >= 0.3 is 0 Å². The highest BCUT2D eigenvalue weighted by atomic mass is 16.6. The summed E-state index contributed by atoms with van der Waals surface area (Å²) in [7, 11) is 0. The number of benzene rings is 2. The Kier molecular flexibility index (Phi) is 6.84. The molecule has 0 atom stereocenters. The first kappa shape index (κ1) is 21.1. The molecular formula is C21H25N5O4. The van der Waals surface area contributed by atoms with Crippen molar-refractivity contribution in [3.8, 4) is 0 Å². The van der Waals surface area contributed by atoms with Crippen molar-refractivity contribution < 1.29 is 14.5 Å². The van der Waals surface area contributed by atoms with Crippen LogP contribution in [0, 0.1) is 10.1 Å². The van der Waals surface area contributed by atoms with Gasteiger partial charge in [-0.1, -0.05) is 0 Å². The normalized spacial score (nSPS) is 13.7. The fourth-order valence-electron chi connectivity index (χ4n) is 3.38. The van der Waals surface area contributed by atoms with Crippen molar-refractivity contribution in [1.29, 1.82) is 0 Å². The van der Waals surface area contributed by atoms with Gasteiger partial charge in [-0.05, 0) is 42.8 Å². The van der Waals surface area contributed by atoms with Crippen LogP contribution >= 0.6 is 0 Å². The number of amides is 2. The van der Waals surface area contributed by atoms with E-state index >= 15 is 0 Å². The van der Waals surface area contributed by atoms with Crippen LogP contribution in [0.25, 0.3) is 0 Å². The Morgan fingerprint density at radius 3 is 2.20 bits per heavy atom. The van der Waals surface area contributed by atoms with Gasteiger partial charge in [0.25, 0.3) is 5.69 Å². The van der Waals surface area contributed by atoms with Crippen molar-refractivity contribution in [2.45, 2.75) is 12.8 Å². The molecule has 1 saturated heterocycles. The molecule has 1 aliphatic rings. The number of non-ortho nitro benzene ring substituents is 1. The van der Waals surface area contributed by atoms with E-state index < -0.39 is 10.8 Å². The van der Waals surface area contributed by atoms with Gasteiger partial charge in [0.05, 0.1) is 4.92 Å². The van der Waals surface area contributed by atoms with E-state index in [4.69, 9.17) is 5.73 Å². The molecule has 3 rings (SSSR count). The standard InChI is InChI=1S/C21H25N5O4/c22-21(28)16-3-7-18(8-4-16)24-12-14-25(15-13-24)20(27)2-1-11-23-17-5-9-19(10-6-17)26(29)30/h3-10,23H,1-2,11-15H2,(H2,22,28). The monoisotopic (exact) mass is 411 g/mol. The maximum atomic E-state index is 12.4. The third-order valence-corrected chi connectivity index (χ3v) is 5.12. The lowest BCUT2D eigenvalue weighted by molar-refractivity contribution is -0.384. The number of carbonyl (C=O) groups is 2. The van der Waals surface area contributed by atoms with Crippen molar-refractivity contribution >= 4 is 28.9 Å². The number of primary amides is 1. The van der Waals surface area contributed by atoms with Crippen molar-refractivity contribution in [1.82, 2.24) is 4.90 Å². The minimum absolute atomic E-state index is 0.0543. The predicted molar refractivity (Wildman–Crippen MR) is 115 cm³/mol. The molecule has 0 radical (unpaired) electrons. The molecule has 1 fully saturated rings. The Hall–Kier alpha value is -3.62. The summed E-state index contributed by atoms with van der Waals surface area (Å²) < 4.78 is 0. The zero-order valence-electron chi connectivity index (χ0n) is 16.6. The topological polar surface area (TPSA) is 122 Å². The minimum atomic E-state index is -0.444. The van der Waals surface area contributed by atoms with E-state index in [1.807, 2.05) is 17.0 Å². The molecule has 0 bridgehead atoms. The molecule has 1 aliphatic heterocycles. The fraction of sp³-hybridized carbons (Fsp3) is 0.333. The highest BCUT2D eigenvalue weighted by Gasteiger charge is 2.21. The molecular weight excluding hydrogens is 386 g/mol. The third-order valence-electron chi connectivity index (χ3n) is 5.12. The van der Waals surface area contributed by atoms with Crippen LogP contribution in [-0.4, -0.2) is 54.4 Å². The Morgan fingerprint density at radius 1 is 1.00 bits per heavy atom. The van der Waals surface area contributed by atoms with Crippen LogP contribution < -0.4 is 16.0 Å². The van der Waals surface area contributed by atoms with Gasteiger partial charge in [-0.3, -0.25) is 19.7 Å². The summed E-state index contributed by atoms with van der Waals surface area (Å²) in [6, 6.07) is 13.4. The molecule has 9 heteroatoms. The molecule has 158 valence electrons. The second-order valence-electron chi connectivity index (χ2n) is 7.11. The minimum Gasteiger partial charge on any atom is -0.385 e. The molecule has 0 unspecified atom stereocenters. The number of carbonyl (C=O) groups excluding carboxylic acids is 2. The molecule has 2 aromatic rings. The number of nitro groups is 1. The number of anilines is 2. The van der Waals surface area contributed by atoms with Gasteiger partial charge in [0.1, 0.15) is 0 Å². The van der Waals surface area contributed by atoms with Gasteiger partial charge < -0.3 is 20.9 Å². The quantitative estimate of drug-likeness (QED) is 0.390. The Morgan fingerprint density at radius 2 is 1.63 bits per heavy atom. The molecule has 0 spiro atoms. The number of piperazine rings is 1. The first-order chi connectivity index (χ1) is 14.4. The van der Waals surface area contributed by atoms with Crippen LogP contribution in [0.4, 0.5) is 17.1 Å². The van der Waals surface area contributed by atoms with Crippen molar-refractivity contribution in [2.75, 3.05) is 42.9 Å². The van der Waals surface area contributed by atoms with Gasteiger partial charge in [0, 0.05) is 68.2 Å². The maximum Gasteiger partial charge on any atom is 0.269 e. The molecule has 2 aromatic carbocycles. The fourth-order valence-corrected chi connectivity index (χ4v) is 3.38. The largest absolute Gasteiger partial charge is 0.385 e. The number of nitrogens with zero attached hydrogens (tertiary/aromatic N) is 3. The number of nitrogens with two attached hydrogens (primary N) is 1. The molecule has 9 nitrogen and oxygen atoms in total. The van der Waals surface area contributed by atoms with E-state index in [2.05, 4.69) is 10.2 Å². The number of nitro benzene ring substituents is 1. The Balaban J connectivity index is 1.37. The average Bonchev–Trinajstić information content (AvgIpc) is 2.77. The van der Waals surface area contributed by atoms with E-state index in [1.54, 1.807) is 24.3 Å². The lowest BCUT2D eigenvalue weighted by Crippen LogP contribution is -2.48. The van der Waals surface area contributed by atoms with Crippen molar-refractivity contribution in [3.05, 3.63) is 64.2 Å². The van der Waals surface area contributed by atoms with Crippen LogP contribution in [0.3, 0.4) is 0 Å². The van der Waals surface area contributed by atoms with Crippen LogP contribution in [0.2, 0.25) is 0 Å². The Labute approximate surface area is 174 Å². The van der Waals surface area contributed by atoms with Crippen LogP contribution in [0.15, 0.2) is 48.5 Å². The molecule has 0 saturated carbocycles. The highest BCUT2D eigenvalue weighted by molar-refractivity contribution is 5.93. The van der Waals surface area contributed by atoms with Gasteiger partial charge in [-0.25, -0.2) is 0 Å². The summed E-state index contributed by atoms with van der Waals surface area (Å²) in [5.41, 5.74) is 7.61. The van der Waals surface area contributed by atoms with E-state index in [0.29, 0.717) is 38.0 Å². The van der Waals surface area contributed by atoms with Crippen LogP contribution in [0.5, 0.6) is 0 Å². The highest BCUT2D eigenvalue weighted by Crippen LogP contribution is 2.18. The van der Waals surface area contributed by atoms with E-state index in [1.165, 1.54) is 12.1 Å². The van der Waals surface area contributed by atoms with E-state index in [-0.39, 0.29) is 11.6 Å². The second kappa shape index (κ2) is 9.73. The zero-order chi connectivity index (χ0) is 21.5. The summed E-state index contributed by atoms with van der Waals surface area (Å²) in [6.07, 6.45) is 1.14. The summed E-state index contributed by atoms with van der Waals surface area (Å²) >= 11 is 0. The summed E-state index contributed by atoms with van der Waals surface area (Å²) in [5, 5.41) is 13.8. The lowest BCUT2D eigenvalue weighted by Gasteiger charge is -2.36. The molecule has 3 N–H and O–H groups in total. The number of hydrogen-bond acceptors (Lipinski definition) is 6. The van der Waals surface area contributed by atoms with Gasteiger partial charge in [-0.15, -0.1) is 0 Å². The smallest absolute Gasteiger partial charge is 0.269 e. The molecule has 1 heterocycles. The predicted octanol–water partition coefficient (Wildman–Crippen LogP) is 2.23. The SMILES string of the molecule is NC(=O)c1ccc(N2CCN(C(=O)CCCNc3ccc([N+](=O)[O-])cc3)CC2)cc1. The summed E-state index contributed by atoms with van der Waals surface area (Å²) in [6.45, 7) is 3.42. The number of nitrogens with one attached hydrogen (secondary N) is 1. The van der Waals surface area contributed by atoms with Gasteiger partial charge in [0.15, 0.2) is 0 Å².